The van der Waals surface area contributed by atoms with E-state index in [1.54, 1.807) is 18.7 Å². The molecule has 0 bridgehead atoms. The first-order valence-corrected chi connectivity index (χ1v) is 12.6. The van der Waals surface area contributed by atoms with Crippen LogP contribution >= 0.6 is 0 Å². The molecule has 2 aliphatic rings. The van der Waals surface area contributed by atoms with Crippen LogP contribution in [-0.2, 0) is 10.3 Å². The number of carbonyl (C=O) groups is 1. The number of aromatic nitrogens is 1. The minimum absolute atomic E-state index is 0.127. The van der Waals surface area contributed by atoms with Crippen molar-refractivity contribution >= 4 is 6.09 Å². The van der Waals surface area contributed by atoms with Crippen LogP contribution in [0.15, 0.2) is 72.8 Å². The summed E-state index contributed by atoms with van der Waals surface area (Å²) >= 11 is 0. The Hall–Kier alpha value is -3.18. The predicted octanol–water partition coefficient (Wildman–Crippen LogP) is 6.59. The van der Waals surface area contributed by atoms with Crippen molar-refractivity contribution in [2.75, 3.05) is 6.54 Å². The van der Waals surface area contributed by atoms with Crippen LogP contribution in [-0.4, -0.2) is 33.2 Å². The van der Waals surface area contributed by atoms with Crippen LogP contribution < -0.4 is 0 Å². The molecule has 2 fully saturated rings. The van der Waals surface area contributed by atoms with Gasteiger partial charge in [0.05, 0.1) is 17.3 Å². The number of benzene rings is 2. The number of amides is 1. The summed E-state index contributed by atoms with van der Waals surface area (Å²) < 4.78 is 6.14. The highest BCUT2D eigenvalue weighted by molar-refractivity contribution is 5.70. The summed E-state index contributed by atoms with van der Waals surface area (Å²) in [6.07, 6.45) is 3.09. The minimum Gasteiger partial charge on any atom is -0.438 e. The largest absolute Gasteiger partial charge is 0.438 e. The summed E-state index contributed by atoms with van der Waals surface area (Å²) in [6.45, 7) is 6.11. The summed E-state index contributed by atoms with van der Waals surface area (Å²) in [6, 6.07) is 24.2. The Morgan fingerprint density at radius 1 is 1.06 bits per heavy atom. The smallest absolute Gasteiger partial charge is 0.411 e. The van der Waals surface area contributed by atoms with Crippen molar-refractivity contribution in [3.8, 4) is 11.3 Å². The topological polar surface area (TPSA) is 62.7 Å². The Balaban J connectivity index is 1.33. The van der Waals surface area contributed by atoms with Gasteiger partial charge in [0.2, 0.25) is 0 Å². The lowest BCUT2D eigenvalue weighted by Crippen LogP contribution is -2.51. The van der Waals surface area contributed by atoms with E-state index in [9.17, 15) is 9.90 Å². The third-order valence-electron chi connectivity index (χ3n) is 7.21. The molecule has 1 aliphatic carbocycles. The van der Waals surface area contributed by atoms with Crippen LogP contribution in [0.5, 0.6) is 0 Å². The molecule has 35 heavy (non-hydrogen) atoms. The third-order valence-corrected chi connectivity index (χ3v) is 7.21. The third kappa shape index (κ3) is 5.10. The first-order valence-electron chi connectivity index (χ1n) is 12.6. The molecule has 5 nitrogen and oxygen atoms in total. The van der Waals surface area contributed by atoms with E-state index >= 15 is 0 Å². The van der Waals surface area contributed by atoms with Gasteiger partial charge in [0.15, 0.2) is 0 Å². The zero-order valence-corrected chi connectivity index (χ0v) is 20.8. The van der Waals surface area contributed by atoms with E-state index in [4.69, 9.17) is 9.72 Å². The SMILES string of the molecule is C[C@@H](c1ccc(-c2cccc(C3CC3)n2)cc1)N1CC[C@](CC(C)(C)O)(c2ccccc2)OC1=O. The van der Waals surface area contributed by atoms with Crippen LogP contribution in [0.1, 0.15) is 75.2 Å². The van der Waals surface area contributed by atoms with Crippen LogP contribution in [0.4, 0.5) is 4.79 Å². The maximum absolute atomic E-state index is 13.3. The normalized spacial score (nSPS) is 21.5. The van der Waals surface area contributed by atoms with Crippen LogP contribution in [0, 0.1) is 0 Å². The molecule has 5 heteroatoms. The maximum atomic E-state index is 13.3. The Bertz CT molecular complexity index is 1180. The van der Waals surface area contributed by atoms with E-state index in [0.717, 1.165) is 22.4 Å². The van der Waals surface area contributed by atoms with E-state index in [1.165, 1.54) is 18.5 Å². The summed E-state index contributed by atoms with van der Waals surface area (Å²) in [5, 5.41) is 10.6. The molecule has 0 radical (unpaired) electrons. The van der Waals surface area contributed by atoms with Gasteiger partial charge in [-0.15, -0.1) is 0 Å². The number of hydrogen-bond acceptors (Lipinski definition) is 4. The van der Waals surface area contributed by atoms with Gasteiger partial charge in [-0.3, -0.25) is 4.98 Å². The lowest BCUT2D eigenvalue weighted by Gasteiger charge is -2.45. The molecule has 1 saturated heterocycles. The number of nitrogens with zero attached hydrogens (tertiary/aromatic N) is 2. The van der Waals surface area contributed by atoms with Gasteiger partial charge in [-0.1, -0.05) is 60.7 Å². The quantitative estimate of drug-likeness (QED) is 0.423. The van der Waals surface area contributed by atoms with E-state index in [0.29, 0.717) is 25.3 Å². The molecule has 2 heterocycles. The average Bonchev–Trinajstić information content (AvgIpc) is 3.69. The van der Waals surface area contributed by atoms with E-state index in [1.807, 2.05) is 37.3 Å². The van der Waals surface area contributed by atoms with Crippen LogP contribution in [0.3, 0.4) is 0 Å². The van der Waals surface area contributed by atoms with Gasteiger partial charge in [-0.25, -0.2) is 4.79 Å². The molecule has 2 atom stereocenters. The molecule has 0 spiro atoms. The predicted molar refractivity (Wildman–Crippen MR) is 137 cm³/mol. The molecule has 1 N–H and O–H groups in total. The number of aliphatic hydroxyl groups is 1. The fraction of sp³-hybridized carbons (Fsp3) is 0.400. The number of rotatable bonds is 7. The zero-order chi connectivity index (χ0) is 24.6. The molecule has 0 unspecified atom stereocenters. The van der Waals surface area contributed by atoms with Crippen molar-refractivity contribution in [3.05, 3.63) is 89.6 Å². The molecule has 1 amide bonds. The highest BCUT2D eigenvalue weighted by Crippen LogP contribution is 2.42. The number of hydrogen-bond donors (Lipinski definition) is 1. The standard InChI is InChI=1S/C30H34N2O3/c1-21(22-12-14-23(15-13-22)26-10-7-11-27(31-26)24-16-17-24)32-19-18-30(35-28(32)33,20-29(2,3)34)25-8-5-4-6-9-25/h4-15,21,24,34H,16-20H2,1-3H3/t21-,30-/m0/s1. The lowest BCUT2D eigenvalue weighted by atomic mass is 9.80. The Labute approximate surface area is 207 Å². The van der Waals surface area contributed by atoms with Crippen molar-refractivity contribution in [2.24, 2.45) is 0 Å². The number of cyclic esters (lactones) is 1. The number of ether oxygens (including phenoxy) is 1. The summed E-state index contributed by atoms with van der Waals surface area (Å²) in [5.41, 5.74) is 3.43. The molecule has 5 rings (SSSR count). The summed E-state index contributed by atoms with van der Waals surface area (Å²) in [7, 11) is 0. The highest BCUT2D eigenvalue weighted by atomic mass is 16.6. The molecular formula is C30H34N2O3. The van der Waals surface area contributed by atoms with Gasteiger partial charge in [-0.05, 0) is 56.9 Å². The second-order valence-corrected chi connectivity index (χ2v) is 10.7. The molecule has 182 valence electrons. The fourth-order valence-corrected chi connectivity index (χ4v) is 5.22. The molecule has 1 saturated carbocycles. The number of carbonyl (C=O) groups excluding carboxylic acids is 1. The first-order chi connectivity index (χ1) is 16.7. The van der Waals surface area contributed by atoms with Crippen LogP contribution in [0.25, 0.3) is 11.3 Å². The van der Waals surface area contributed by atoms with E-state index in [2.05, 4.69) is 42.5 Å². The first kappa shape index (κ1) is 23.6. The molecule has 2 aromatic carbocycles. The highest BCUT2D eigenvalue weighted by Gasteiger charge is 2.46. The number of pyridine rings is 1. The van der Waals surface area contributed by atoms with E-state index in [-0.39, 0.29) is 12.1 Å². The van der Waals surface area contributed by atoms with Crippen molar-refractivity contribution < 1.29 is 14.6 Å². The average molecular weight is 471 g/mol. The van der Waals surface area contributed by atoms with Gasteiger partial charge in [-0.2, -0.15) is 0 Å². The van der Waals surface area contributed by atoms with Gasteiger partial charge in [0.25, 0.3) is 0 Å². The van der Waals surface area contributed by atoms with E-state index < -0.39 is 11.2 Å². The van der Waals surface area contributed by atoms with Crippen molar-refractivity contribution in [2.45, 2.75) is 69.6 Å². The van der Waals surface area contributed by atoms with Crippen LogP contribution in [0.2, 0.25) is 0 Å². The Kier molecular flexibility index (Phi) is 6.14. The minimum atomic E-state index is -0.968. The van der Waals surface area contributed by atoms with Crippen molar-refractivity contribution in [1.29, 1.82) is 0 Å². The van der Waals surface area contributed by atoms with Crippen molar-refractivity contribution in [3.63, 3.8) is 0 Å². The Morgan fingerprint density at radius 2 is 1.77 bits per heavy atom. The second kappa shape index (κ2) is 9.12. The summed E-state index contributed by atoms with van der Waals surface area (Å²) in [5.74, 6) is 0.624. The zero-order valence-electron chi connectivity index (χ0n) is 20.8. The molecule has 1 aliphatic heterocycles. The lowest BCUT2D eigenvalue weighted by molar-refractivity contribution is -0.101. The van der Waals surface area contributed by atoms with Gasteiger partial charge in [0.1, 0.15) is 5.60 Å². The molecule has 3 aromatic rings. The van der Waals surface area contributed by atoms with Gasteiger partial charge >= 0.3 is 6.09 Å². The maximum Gasteiger partial charge on any atom is 0.411 e. The fourth-order valence-electron chi connectivity index (χ4n) is 5.22. The van der Waals surface area contributed by atoms with Gasteiger partial charge < -0.3 is 14.7 Å². The molecule has 1 aromatic heterocycles. The van der Waals surface area contributed by atoms with Gasteiger partial charge in [0, 0.05) is 36.6 Å². The Morgan fingerprint density at radius 3 is 2.40 bits per heavy atom. The van der Waals surface area contributed by atoms with Crippen molar-refractivity contribution in [1.82, 2.24) is 9.88 Å². The second-order valence-electron chi connectivity index (χ2n) is 10.7. The molecular weight excluding hydrogens is 436 g/mol. The summed E-state index contributed by atoms with van der Waals surface area (Å²) in [4.78, 5) is 19.9. The monoisotopic (exact) mass is 470 g/mol.